The minimum absolute atomic E-state index is 0.0652. The van der Waals surface area contributed by atoms with Gasteiger partial charge in [0.2, 0.25) is 0 Å². The van der Waals surface area contributed by atoms with Crippen molar-refractivity contribution in [2.75, 3.05) is 12.4 Å². The first-order valence-electron chi connectivity index (χ1n) is 9.53. The normalized spacial score (nSPS) is 16.7. The van der Waals surface area contributed by atoms with Crippen molar-refractivity contribution in [3.05, 3.63) is 70.9 Å². The highest BCUT2D eigenvalue weighted by Crippen LogP contribution is 2.30. The predicted octanol–water partition coefficient (Wildman–Crippen LogP) is 4.42. The molecule has 2 aromatic rings. The molecular weight excluding hydrogens is 382 g/mol. The van der Waals surface area contributed by atoms with Crippen LogP contribution in [0.4, 0.5) is 5.69 Å². The lowest BCUT2D eigenvalue weighted by Crippen LogP contribution is -2.45. The Kier molecular flexibility index (Phi) is 5.94. The Balaban J connectivity index is 1.89. The number of allylic oxidation sites excluding steroid dienone is 1. The van der Waals surface area contributed by atoms with E-state index in [0.717, 1.165) is 17.0 Å². The zero-order valence-electron chi connectivity index (χ0n) is 17.4. The van der Waals surface area contributed by atoms with E-state index in [9.17, 15) is 4.79 Å². The van der Waals surface area contributed by atoms with Gasteiger partial charge in [-0.3, -0.25) is 4.79 Å². The van der Waals surface area contributed by atoms with Crippen molar-refractivity contribution < 1.29 is 9.53 Å². The number of carbonyl (C=O) groups excluding carboxylic acids is 1. The SMILES string of the molecule is COc1ccc(NC(=O)C2=C(C)NC(=S)NC2c2ccc(C(C)(C)C)cc2)cc1. The average molecular weight is 410 g/mol. The first-order valence-corrected chi connectivity index (χ1v) is 9.94. The molecule has 1 amide bonds. The zero-order valence-corrected chi connectivity index (χ0v) is 18.2. The molecule has 29 heavy (non-hydrogen) atoms. The van der Waals surface area contributed by atoms with E-state index in [1.807, 2.05) is 31.2 Å². The van der Waals surface area contributed by atoms with Gasteiger partial charge in [0.25, 0.3) is 5.91 Å². The zero-order chi connectivity index (χ0) is 21.2. The molecule has 1 unspecified atom stereocenters. The summed E-state index contributed by atoms with van der Waals surface area (Å²) in [5.74, 6) is 0.557. The van der Waals surface area contributed by atoms with Gasteiger partial charge in [0.1, 0.15) is 5.75 Å². The highest BCUT2D eigenvalue weighted by molar-refractivity contribution is 7.80. The molecule has 3 rings (SSSR count). The molecule has 0 saturated carbocycles. The van der Waals surface area contributed by atoms with Crippen molar-refractivity contribution in [3.63, 3.8) is 0 Å². The lowest BCUT2D eigenvalue weighted by atomic mass is 9.85. The number of anilines is 1. The molecule has 0 aliphatic carbocycles. The Hall–Kier alpha value is -2.86. The van der Waals surface area contributed by atoms with Crippen LogP contribution >= 0.6 is 12.2 Å². The van der Waals surface area contributed by atoms with E-state index < -0.39 is 0 Å². The van der Waals surface area contributed by atoms with E-state index in [2.05, 4.69) is 61.0 Å². The van der Waals surface area contributed by atoms with Crippen LogP contribution in [0.5, 0.6) is 5.75 Å². The minimum atomic E-state index is -0.323. The number of nitrogens with one attached hydrogen (secondary N) is 3. The molecule has 152 valence electrons. The summed E-state index contributed by atoms with van der Waals surface area (Å²) in [4.78, 5) is 13.1. The van der Waals surface area contributed by atoms with Crippen molar-refractivity contribution in [1.29, 1.82) is 0 Å². The summed E-state index contributed by atoms with van der Waals surface area (Å²) in [5, 5.41) is 9.78. The summed E-state index contributed by atoms with van der Waals surface area (Å²) in [6.45, 7) is 8.40. The molecule has 0 fully saturated rings. The van der Waals surface area contributed by atoms with Crippen LogP contribution in [0.25, 0.3) is 0 Å². The van der Waals surface area contributed by atoms with E-state index in [-0.39, 0.29) is 17.4 Å². The fraction of sp³-hybridized carbons (Fsp3) is 0.304. The predicted molar refractivity (Wildman–Crippen MR) is 121 cm³/mol. The third-order valence-electron chi connectivity index (χ3n) is 4.97. The molecule has 1 atom stereocenters. The van der Waals surface area contributed by atoms with Gasteiger partial charge in [-0.05, 0) is 59.9 Å². The summed E-state index contributed by atoms with van der Waals surface area (Å²) < 4.78 is 5.17. The molecule has 1 aliphatic heterocycles. The van der Waals surface area contributed by atoms with Crippen LogP contribution in [0, 0.1) is 0 Å². The van der Waals surface area contributed by atoms with Gasteiger partial charge in [0.05, 0.1) is 18.7 Å². The largest absolute Gasteiger partial charge is 0.497 e. The van der Waals surface area contributed by atoms with Gasteiger partial charge in [0.15, 0.2) is 5.11 Å². The van der Waals surface area contributed by atoms with Crippen molar-refractivity contribution in [2.45, 2.75) is 39.2 Å². The van der Waals surface area contributed by atoms with Crippen molar-refractivity contribution in [1.82, 2.24) is 10.6 Å². The molecule has 0 saturated heterocycles. The van der Waals surface area contributed by atoms with Gasteiger partial charge in [-0.25, -0.2) is 0 Å². The van der Waals surface area contributed by atoms with Crippen LogP contribution in [0.3, 0.4) is 0 Å². The molecule has 2 aromatic carbocycles. The molecule has 1 heterocycles. The van der Waals surface area contributed by atoms with E-state index in [1.165, 1.54) is 5.56 Å². The standard InChI is InChI=1S/C23H27N3O2S/c1-14-19(21(27)25-17-10-12-18(28-5)13-11-17)20(26-22(29)24-14)15-6-8-16(9-7-15)23(2,3)4/h6-13,20H,1-5H3,(H,25,27)(H2,24,26,29). The Morgan fingerprint density at radius 3 is 2.24 bits per heavy atom. The second kappa shape index (κ2) is 8.25. The lowest BCUT2D eigenvalue weighted by Gasteiger charge is -2.31. The monoisotopic (exact) mass is 409 g/mol. The maximum Gasteiger partial charge on any atom is 0.255 e. The van der Waals surface area contributed by atoms with Gasteiger partial charge in [-0.1, -0.05) is 45.0 Å². The van der Waals surface area contributed by atoms with E-state index in [1.54, 1.807) is 7.11 Å². The Morgan fingerprint density at radius 1 is 1.07 bits per heavy atom. The lowest BCUT2D eigenvalue weighted by molar-refractivity contribution is -0.113. The molecule has 0 spiro atoms. The second-order valence-corrected chi connectivity index (χ2v) is 8.53. The van der Waals surface area contributed by atoms with Crippen LogP contribution in [-0.2, 0) is 10.2 Å². The summed E-state index contributed by atoms with van der Waals surface area (Å²) >= 11 is 5.34. The molecule has 0 radical (unpaired) electrons. The maximum absolute atomic E-state index is 13.1. The van der Waals surface area contributed by atoms with Gasteiger partial charge in [0, 0.05) is 11.4 Å². The summed E-state index contributed by atoms with van der Waals surface area (Å²) in [6.07, 6.45) is 0. The summed E-state index contributed by atoms with van der Waals surface area (Å²) in [5.41, 5.74) is 4.34. The quantitative estimate of drug-likeness (QED) is 0.653. The van der Waals surface area contributed by atoms with E-state index in [0.29, 0.717) is 16.4 Å². The molecule has 0 bridgehead atoms. The number of amides is 1. The number of methoxy groups -OCH3 is 1. The molecule has 1 aliphatic rings. The van der Waals surface area contributed by atoms with Gasteiger partial charge in [-0.15, -0.1) is 0 Å². The number of hydrogen-bond donors (Lipinski definition) is 3. The highest BCUT2D eigenvalue weighted by Gasteiger charge is 2.30. The van der Waals surface area contributed by atoms with Gasteiger partial charge in [-0.2, -0.15) is 0 Å². The van der Waals surface area contributed by atoms with Crippen molar-refractivity contribution in [2.24, 2.45) is 0 Å². The molecule has 3 N–H and O–H groups in total. The number of ether oxygens (including phenoxy) is 1. The Bertz CT molecular complexity index is 942. The van der Waals surface area contributed by atoms with E-state index >= 15 is 0 Å². The van der Waals surface area contributed by atoms with Gasteiger partial charge < -0.3 is 20.7 Å². The first kappa shape index (κ1) is 20.9. The molecular formula is C23H27N3O2S. The minimum Gasteiger partial charge on any atom is -0.497 e. The third-order valence-corrected chi connectivity index (χ3v) is 5.19. The van der Waals surface area contributed by atoms with Crippen LogP contribution in [0.1, 0.15) is 44.9 Å². The average Bonchev–Trinajstić information content (AvgIpc) is 2.67. The van der Waals surface area contributed by atoms with Crippen LogP contribution < -0.4 is 20.7 Å². The van der Waals surface area contributed by atoms with Crippen LogP contribution in [0.15, 0.2) is 59.8 Å². The number of thiocarbonyl (C=S) groups is 1. The van der Waals surface area contributed by atoms with Crippen molar-refractivity contribution in [3.8, 4) is 5.75 Å². The third kappa shape index (κ3) is 4.77. The number of benzene rings is 2. The van der Waals surface area contributed by atoms with Crippen molar-refractivity contribution >= 4 is 28.9 Å². The topological polar surface area (TPSA) is 62.4 Å². The van der Waals surface area contributed by atoms with Crippen LogP contribution in [-0.4, -0.2) is 18.1 Å². The molecule has 6 heteroatoms. The number of rotatable bonds is 4. The Labute approximate surface area is 177 Å². The van der Waals surface area contributed by atoms with Crippen LogP contribution in [0.2, 0.25) is 0 Å². The first-order chi connectivity index (χ1) is 13.7. The maximum atomic E-state index is 13.1. The van der Waals surface area contributed by atoms with Gasteiger partial charge >= 0.3 is 0 Å². The van der Waals surface area contributed by atoms with E-state index in [4.69, 9.17) is 17.0 Å². The Morgan fingerprint density at radius 2 is 1.69 bits per heavy atom. The second-order valence-electron chi connectivity index (χ2n) is 8.12. The number of hydrogen-bond acceptors (Lipinski definition) is 3. The fourth-order valence-corrected chi connectivity index (χ4v) is 3.56. The summed E-state index contributed by atoms with van der Waals surface area (Å²) in [6, 6.07) is 15.3. The number of carbonyl (C=O) groups is 1. The smallest absolute Gasteiger partial charge is 0.255 e. The fourth-order valence-electron chi connectivity index (χ4n) is 3.29. The highest BCUT2D eigenvalue weighted by atomic mass is 32.1. The molecule has 0 aromatic heterocycles. The molecule has 5 nitrogen and oxygen atoms in total. The summed E-state index contributed by atoms with van der Waals surface area (Å²) in [7, 11) is 1.61.